The first-order valence-corrected chi connectivity index (χ1v) is 9.71. The van der Waals surface area contributed by atoms with Gasteiger partial charge in [-0.25, -0.2) is 4.79 Å². The van der Waals surface area contributed by atoms with Crippen molar-refractivity contribution in [3.63, 3.8) is 0 Å². The number of anilines is 2. The number of likely N-dealkylation sites (N-methyl/N-ethyl adjacent to an activating group) is 1. The molecule has 170 valence electrons. The molecule has 1 atom stereocenters. The molecule has 0 spiro atoms. The number of H-pyrrole nitrogens is 2. The first-order chi connectivity index (χ1) is 14.9. The van der Waals surface area contributed by atoms with Gasteiger partial charge >= 0.3 is 11.9 Å². The van der Waals surface area contributed by atoms with Crippen molar-refractivity contribution in [2.75, 3.05) is 24.2 Å². The molecule has 0 bridgehead atoms. The van der Waals surface area contributed by atoms with Crippen molar-refractivity contribution in [2.45, 2.75) is 19.1 Å². The highest BCUT2D eigenvalue weighted by atomic mass is 35.5. The van der Waals surface area contributed by atoms with Crippen LogP contribution in [0.3, 0.4) is 0 Å². The molecule has 0 aliphatic heterocycles. The number of aromatic amines is 2. The Morgan fingerprint density at radius 3 is 2.38 bits per heavy atom. The average molecular weight is 470 g/mol. The lowest BCUT2D eigenvalue weighted by Crippen LogP contribution is -2.43. The number of amides is 2. The Bertz CT molecular complexity index is 1220. The van der Waals surface area contributed by atoms with Crippen molar-refractivity contribution in [3.05, 3.63) is 57.5 Å². The highest BCUT2D eigenvalue weighted by Crippen LogP contribution is 2.36. The summed E-state index contributed by atoms with van der Waals surface area (Å²) in [5.41, 5.74) is 0.0684. The van der Waals surface area contributed by atoms with Crippen molar-refractivity contribution in [1.82, 2.24) is 14.9 Å². The van der Waals surface area contributed by atoms with Crippen molar-refractivity contribution in [3.8, 4) is 0 Å². The van der Waals surface area contributed by atoms with Crippen LogP contribution in [0.5, 0.6) is 0 Å². The summed E-state index contributed by atoms with van der Waals surface area (Å²) in [5.74, 6) is -1.02. The zero-order chi connectivity index (χ0) is 23.6. The summed E-state index contributed by atoms with van der Waals surface area (Å²) in [6.07, 6.45) is -4.66. The fraction of sp³-hybridized carbons (Fsp3) is 0.250. The summed E-state index contributed by atoms with van der Waals surface area (Å²) in [4.78, 5) is 42.7. The zero-order valence-corrected chi connectivity index (χ0v) is 17.7. The van der Waals surface area contributed by atoms with Gasteiger partial charge in [-0.05, 0) is 50.4 Å². The number of carbonyl (C=O) groups is 2. The number of alkyl halides is 3. The smallest absolute Gasteiger partial charge is 0.325 e. The molecule has 2 aromatic carbocycles. The van der Waals surface area contributed by atoms with E-state index in [-0.39, 0.29) is 17.9 Å². The first kappa shape index (κ1) is 23.4. The van der Waals surface area contributed by atoms with Crippen LogP contribution in [-0.4, -0.2) is 46.3 Å². The average Bonchev–Trinajstić information content (AvgIpc) is 3.07. The van der Waals surface area contributed by atoms with E-state index >= 15 is 0 Å². The Kier molecular flexibility index (Phi) is 6.60. The highest BCUT2D eigenvalue weighted by Gasteiger charge is 2.33. The van der Waals surface area contributed by atoms with Crippen molar-refractivity contribution < 1.29 is 22.8 Å². The Morgan fingerprint density at radius 1 is 1.06 bits per heavy atom. The quantitative estimate of drug-likeness (QED) is 0.443. The van der Waals surface area contributed by atoms with E-state index in [0.717, 1.165) is 12.1 Å². The van der Waals surface area contributed by atoms with Crippen LogP contribution < -0.4 is 16.3 Å². The minimum absolute atomic E-state index is 0.0639. The number of hydrogen-bond donors (Lipinski definition) is 4. The van der Waals surface area contributed by atoms with Gasteiger partial charge in [-0.15, -0.1) is 0 Å². The summed E-state index contributed by atoms with van der Waals surface area (Å²) in [7, 11) is 1.53. The fourth-order valence-electron chi connectivity index (χ4n) is 2.94. The minimum Gasteiger partial charge on any atom is -0.325 e. The van der Waals surface area contributed by atoms with Gasteiger partial charge in [0.1, 0.15) is 0 Å². The van der Waals surface area contributed by atoms with Crippen molar-refractivity contribution >= 4 is 45.8 Å². The Hall–Kier alpha value is -3.31. The zero-order valence-electron chi connectivity index (χ0n) is 16.9. The van der Waals surface area contributed by atoms with Gasteiger partial charge in [0.15, 0.2) is 0 Å². The summed E-state index contributed by atoms with van der Waals surface area (Å²) in [5, 5.41) is 4.59. The SMILES string of the molecule is CC(C(=O)Nc1ccc2[nH]c(=O)[nH]c2c1)N(C)CC(=O)Nc1ccc(Cl)c(C(F)(F)F)c1. The topological polar surface area (TPSA) is 110 Å². The lowest BCUT2D eigenvalue weighted by Gasteiger charge is -2.23. The van der Waals surface area contributed by atoms with Crippen LogP contribution in [0.1, 0.15) is 12.5 Å². The van der Waals surface area contributed by atoms with Crippen LogP contribution in [0.15, 0.2) is 41.2 Å². The number of nitrogens with zero attached hydrogens (tertiary/aromatic N) is 1. The first-order valence-electron chi connectivity index (χ1n) is 9.34. The van der Waals surface area contributed by atoms with Gasteiger partial charge in [0.2, 0.25) is 11.8 Å². The third-order valence-electron chi connectivity index (χ3n) is 4.77. The van der Waals surface area contributed by atoms with Crippen LogP contribution in [0.25, 0.3) is 11.0 Å². The molecule has 1 unspecified atom stereocenters. The van der Waals surface area contributed by atoms with Crippen LogP contribution in [-0.2, 0) is 15.8 Å². The standard InChI is InChI=1S/C20H19ClF3N5O3/c1-10(18(31)26-12-4-6-15-16(8-12)28-19(32)27-15)29(2)9-17(30)25-11-3-5-14(21)13(7-11)20(22,23)24/h3-8,10H,9H2,1-2H3,(H,25,30)(H,26,31)(H2,27,28,32). The van der Waals surface area contributed by atoms with Crippen LogP contribution >= 0.6 is 11.6 Å². The van der Waals surface area contributed by atoms with Gasteiger partial charge < -0.3 is 20.6 Å². The molecule has 0 saturated carbocycles. The van der Waals surface area contributed by atoms with Crippen LogP contribution in [0.4, 0.5) is 24.5 Å². The molecular weight excluding hydrogens is 451 g/mol. The van der Waals surface area contributed by atoms with Crippen LogP contribution in [0.2, 0.25) is 5.02 Å². The van der Waals surface area contributed by atoms with Crippen molar-refractivity contribution in [1.29, 1.82) is 0 Å². The number of benzene rings is 2. The van der Waals surface area contributed by atoms with E-state index in [0.29, 0.717) is 16.7 Å². The summed E-state index contributed by atoms with van der Waals surface area (Å²) in [6, 6.07) is 7.15. The van der Waals surface area contributed by atoms with E-state index in [1.165, 1.54) is 18.0 Å². The monoisotopic (exact) mass is 469 g/mol. The molecule has 0 saturated heterocycles. The second-order valence-electron chi connectivity index (χ2n) is 7.16. The van der Waals surface area contributed by atoms with Gasteiger partial charge in [0, 0.05) is 11.4 Å². The molecule has 0 radical (unpaired) electrons. The third-order valence-corrected chi connectivity index (χ3v) is 5.10. The molecular formula is C20H19ClF3N5O3. The summed E-state index contributed by atoms with van der Waals surface area (Å²) in [6.45, 7) is 1.33. The van der Waals surface area contributed by atoms with E-state index in [4.69, 9.17) is 11.6 Å². The maximum Gasteiger partial charge on any atom is 0.417 e. The summed E-state index contributed by atoms with van der Waals surface area (Å²) >= 11 is 5.57. The number of nitrogens with one attached hydrogen (secondary N) is 4. The van der Waals surface area contributed by atoms with E-state index in [1.807, 2.05) is 0 Å². The lowest BCUT2D eigenvalue weighted by molar-refractivity contribution is -0.137. The van der Waals surface area contributed by atoms with Gasteiger partial charge in [0.05, 0.1) is 34.2 Å². The maximum atomic E-state index is 13.0. The Morgan fingerprint density at radius 2 is 1.69 bits per heavy atom. The predicted molar refractivity (Wildman–Crippen MR) is 115 cm³/mol. The van der Waals surface area contributed by atoms with Gasteiger partial charge in [0.25, 0.3) is 0 Å². The van der Waals surface area contributed by atoms with E-state index in [2.05, 4.69) is 20.6 Å². The number of rotatable bonds is 6. The van der Waals surface area contributed by atoms with Gasteiger partial charge in [-0.2, -0.15) is 13.2 Å². The number of imidazole rings is 1. The molecule has 0 aliphatic rings. The molecule has 3 aromatic rings. The normalized spacial score (nSPS) is 12.7. The van der Waals surface area contributed by atoms with E-state index < -0.39 is 34.6 Å². The van der Waals surface area contributed by atoms with Crippen molar-refractivity contribution in [2.24, 2.45) is 0 Å². The van der Waals surface area contributed by atoms with Gasteiger partial charge in [-0.1, -0.05) is 11.6 Å². The largest absolute Gasteiger partial charge is 0.417 e. The molecule has 4 N–H and O–H groups in total. The second kappa shape index (κ2) is 9.05. The molecule has 2 amide bonds. The predicted octanol–water partition coefficient (Wildman–Crippen LogP) is 3.43. The van der Waals surface area contributed by atoms with E-state index in [9.17, 15) is 27.6 Å². The third kappa shape index (κ3) is 5.48. The number of fused-ring (bicyclic) bond motifs is 1. The van der Waals surface area contributed by atoms with Crippen LogP contribution in [0, 0.1) is 0 Å². The number of halogens is 4. The molecule has 3 rings (SSSR count). The minimum atomic E-state index is -4.66. The Balaban J connectivity index is 1.60. The fourth-order valence-corrected chi connectivity index (χ4v) is 3.17. The molecule has 1 aromatic heterocycles. The summed E-state index contributed by atoms with van der Waals surface area (Å²) < 4.78 is 38.9. The number of carbonyl (C=O) groups excluding carboxylic acids is 2. The lowest BCUT2D eigenvalue weighted by atomic mass is 10.2. The highest BCUT2D eigenvalue weighted by molar-refractivity contribution is 6.31. The molecule has 0 fully saturated rings. The van der Waals surface area contributed by atoms with E-state index in [1.54, 1.807) is 25.1 Å². The second-order valence-corrected chi connectivity index (χ2v) is 7.57. The molecule has 1 heterocycles. The number of aromatic nitrogens is 2. The maximum absolute atomic E-state index is 13.0. The molecule has 0 aliphatic carbocycles. The Labute approximate surface area is 184 Å². The number of hydrogen-bond acceptors (Lipinski definition) is 4. The molecule has 8 nitrogen and oxygen atoms in total. The molecule has 12 heteroatoms. The molecule has 32 heavy (non-hydrogen) atoms. The van der Waals surface area contributed by atoms with Gasteiger partial charge in [-0.3, -0.25) is 14.5 Å².